The fourth-order valence-corrected chi connectivity index (χ4v) is 3.41. The number of anilines is 2. The van der Waals surface area contributed by atoms with E-state index in [1.54, 1.807) is 18.6 Å². The van der Waals surface area contributed by atoms with Gasteiger partial charge < -0.3 is 11.1 Å². The molecule has 0 aliphatic rings. The number of pyridine rings is 1. The van der Waals surface area contributed by atoms with Crippen LogP contribution in [-0.2, 0) is 11.2 Å². The van der Waals surface area contributed by atoms with Crippen LogP contribution >= 0.6 is 0 Å². The van der Waals surface area contributed by atoms with Crippen LogP contribution in [0.1, 0.15) is 30.9 Å². The van der Waals surface area contributed by atoms with E-state index in [4.69, 9.17) is 5.73 Å². The lowest BCUT2D eigenvalue weighted by Crippen LogP contribution is -2.15. The van der Waals surface area contributed by atoms with Gasteiger partial charge in [-0.1, -0.05) is 19.9 Å². The van der Waals surface area contributed by atoms with Crippen molar-refractivity contribution < 1.29 is 4.79 Å². The third-order valence-corrected chi connectivity index (χ3v) is 4.74. The van der Waals surface area contributed by atoms with Crippen LogP contribution in [0.25, 0.3) is 16.8 Å². The Morgan fingerprint density at radius 1 is 1.17 bits per heavy atom. The number of benzene rings is 1. The number of carbonyl (C=O) groups is 1. The first-order valence-electron chi connectivity index (χ1n) is 9.44. The smallest absolute Gasteiger partial charge is 0.245 e. The van der Waals surface area contributed by atoms with Crippen LogP contribution in [0.3, 0.4) is 0 Å². The van der Waals surface area contributed by atoms with Crippen molar-refractivity contribution in [3.63, 3.8) is 0 Å². The van der Waals surface area contributed by atoms with Gasteiger partial charge in [-0.2, -0.15) is 0 Å². The van der Waals surface area contributed by atoms with Gasteiger partial charge >= 0.3 is 0 Å². The van der Waals surface area contributed by atoms with E-state index in [9.17, 15) is 4.79 Å². The summed E-state index contributed by atoms with van der Waals surface area (Å²) in [5.41, 5.74) is 11.0. The number of carbonyl (C=O) groups excluding carboxylic acids is 1. The zero-order valence-electron chi connectivity index (χ0n) is 16.3. The molecule has 0 radical (unpaired) electrons. The van der Waals surface area contributed by atoms with Crippen molar-refractivity contribution in [2.75, 3.05) is 5.32 Å². The van der Waals surface area contributed by atoms with E-state index >= 15 is 0 Å². The normalized spacial score (nSPS) is 11.1. The van der Waals surface area contributed by atoms with Crippen LogP contribution in [0.5, 0.6) is 0 Å². The van der Waals surface area contributed by atoms with Crippen molar-refractivity contribution in [3.8, 4) is 11.3 Å². The molecule has 0 spiro atoms. The highest BCUT2D eigenvalue weighted by molar-refractivity contribution is 5.77. The summed E-state index contributed by atoms with van der Waals surface area (Å²) in [6, 6.07) is 13.8. The fourth-order valence-electron chi connectivity index (χ4n) is 3.41. The third-order valence-electron chi connectivity index (χ3n) is 4.74. The minimum Gasteiger partial charge on any atom is -0.369 e. The number of rotatable bonds is 6. The molecule has 0 atom stereocenters. The molecule has 7 heteroatoms. The molecule has 29 heavy (non-hydrogen) atoms. The van der Waals surface area contributed by atoms with Crippen molar-refractivity contribution in [1.82, 2.24) is 19.6 Å². The van der Waals surface area contributed by atoms with Crippen LogP contribution in [0, 0.1) is 0 Å². The molecule has 3 N–H and O–H groups in total. The summed E-state index contributed by atoms with van der Waals surface area (Å²) in [4.78, 5) is 20.1. The average molecular weight is 386 g/mol. The second-order valence-corrected chi connectivity index (χ2v) is 7.22. The Balaban J connectivity index is 1.68. The molecule has 0 bridgehead atoms. The Morgan fingerprint density at radius 2 is 2.03 bits per heavy atom. The predicted octanol–water partition coefficient (Wildman–Crippen LogP) is 3.69. The lowest BCUT2D eigenvalue weighted by molar-refractivity contribution is -0.117. The Hall–Kier alpha value is -3.74. The maximum absolute atomic E-state index is 11.5. The highest BCUT2D eigenvalue weighted by Gasteiger charge is 2.12. The summed E-state index contributed by atoms with van der Waals surface area (Å²) in [5, 5.41) is 7.86. The molecule has 0 fully saturated rings. The van der Waals surface area contributed by atoms with Gasteiger partial charge in [0.1, 0.15) is 0 Å². The molecular weight excluding hydrogens is 364 g/mol. The van der Waals surface area contributed by atoms with E-state index in [2.05, 4.69) is 34.2 Å². The minimum absolute atomic E-state index is 0.200. The van der Waals surface area contributed by atoms with Gasteiger partial charge in [0.15, 0.2) is 0 Å². The first kappa shape index (κ1) is 18.6. The zero-order valence-corrected chi connectivity index (χ0v) is 16.3. The van der Waals surface area contributed by atoms with E-state index in [1.165, 1.54) is 0 Å². The Labute approximate surface area is 168 Å². The molecule has 1 amide bonds. The topological polar surface area (TPSA) is 98.2 Å². The van der Waals surface area contributed by atoms with Gasteiger partial charge in [-0.05, 0) is 53.4 Å². The molecule has 3 aromatic heterocycles. The van der Waals surface area contributed by atoms with Crippen molar-refractivity contribution >= 4 is 23.1 Å². The molecule has 4 aromatic rings. The third kappa shape index (κ3) is 3.94. The number of aromatic nitrogens is 4. The van der Waals surface area contributed by atoms with Crippen LogP contribution in [0.15, 0.2) is 61.1 Å². The van der Waals surface area contributed by atoms with Crippen LogP contribution in [-0.4, -0.2) is 25.5 Å². The number of nitrogens with one attached hydrogen (secondary N) is 1. The SMILES string of the molecule is CC(C)c1ccc(Nc2ncc3ccc(-c4cccnc4)n3n2)cc1CC(N)=O. The lowest BCUT2D eigenvalue weighted by Gasteiger charge is -2.14. The fraction of sp³-hybridized carbons (Fsp3) is 0.182. The summed E-state index contributed by atoms with van der Waals surface area (Å²) >= 11 is 0. The second-order valence-electron chi connectivity index (χ2n) is 7.22. The molecule has 0 aliphatic carbocycles. The summed E-state index contributed by atoms with van der Waals surface area (Å²) in [7, 11) is 0. The Kier molecular flexibility index (Phi) is 4.95. The molecule has 0 unspecified atom stereocenters. The average Bonchev–Trinajstić information content (AvgIpc) is 3.11. The Bertz CT molecular complexity index is 1170. The van der Waals surface area contributed by atoms with Gasteiger partial charge in [-0.3, -0.25) is 9.78 Å². The summed E-state index contributed by atoms with van der Waals surface area (Å²) in [6.07, 6.45) is 5.51. The summed E-state index contributed by atoms with van der Waals surface area (Å²) in [5.74, 6) is 0.407. The number of nitrogens with two attached hydrogens (primary N) is 1. The monoisotopic (exact) mass is 386 g/mol. The van der Waals surface area contributed by atoms with Gasteiger partial charge in [-0.25, -0.2) is 9.50 Å². The highest BCUT2D eigenvalue weighted by atomic mass is 16.1. The standard InChI is InChI=1S/C22H22N6O/c1-14(2)19-7-5-17(10-16(19)11-21(23)29)26-22-25-13-18-6-8-20(28(18)27-22)15-4-3-9-24-12-15/h3-10,12-14H,11H2,1-2H3,(H2,23,29)(H,26,27). The van der Waals surface area contributed by atoms with E-state index in [0.717, 1.165) is 33.6 Å². The van der Waals surface area contributed by atoms with Crippen LogP contribution in [0.4, 0.5) is 11.6 Å². The lowest BCUT2D eigenvalue weighted by atomic mass is 9.94. The number of hydrogen-bond donors (Lipinski definition) is 2. The van der Waals surface area contributed by atoms with Gasteiger partial charge in [0.2, 0.25) is 11.9 Å². The van der Waals surface area contributed by atoms with Crippen molar-refractivity contribution in [2.45, 2.75) is 26.2 Å². The molecular formula is C22H22N6O. The van der Waals surface area contributed by atoms with E-state index in [-0.39, 0.29) is 12.3 Å². The van der Waals surface area contributed by atoms with Crippen molar-refractivity contribution in [3.05, 3.63) is 72.2 Å². The van der Waals surface area contributed by atoms with E-state index in [1.807, 2.05) is 47.0 Å². The van der Waals surface area contributed by atoms with Gasteiger partial charge in [-0.15, -0.1) is 5.10 Å². The predicted molar refractivity (Wildman–Crippen MR) is 113 cm³/mol. The summed E-state index contributed by atoms with van der Waals surface area (Å²) in [6.45, 7) is 4.19. The quantitative estimate of drug-likeness (QED) is 0.527. The molecule has 4 rings (SSSR count). The number of amides is 1. The van der Waals surface area contributed by atoms with Gasteiger partial charge in [0, 0.05) is 23.6 Å². The van der Waals surface area contributed by atoms with E-state index in [0.29, 0.717) is 11.9 Å². The van der Waals surface area contributed by atoms with Crippen molar-refractivity contribution in [1.29, 1.82) is 0 Å². The first-order valence-corrected chi connectivity index (χ1v) is 9.44. The van der Waals surface area contributed by atoms with Crippen LogP contribution in [0.2, 0.25) is 0 Å². The van der Waals surface area contributed by atoms with Gasteiger partial charge in [0.05, 0.1) is 23.8 Å². The summed E-state index contributed by atoms with van der Waals surface area (Å²) < 4.78 is 1.83. The molecule has 7 nitrogen and oxygen atoms in total. The van der Waals surface area contributed by atoms with Crippen LogP contribution < -0.4 is 11.1 Å². The highest BCUT2D eigenvalue weighted by Crippen LogP contribution is 2.26. The molecule has 0 saturated heterocycles. The zero-order chi connectivity index (χ0) is 20.4. The number of fused-ring (bicyclic) bond motifs is 1. The minimum atomic E-state index is -0.352. The Morgan fingerprint density at radius 3 is 2.76 bits per heavy atom. The van der Waals surface area contributed by atoms with E-state index < -0.39 is 0 Å². The molecule has 1 aromatic carbocycles. The second kappa shape index (κ2) is 7.71. The number of primary amides is 1. The molecule has 0 saturated carbocycles. The molecule has 3 heterocycles. The number of hydrogen-bond acceptors (Lipinski definition) is 5. The molecule has 146 valence electrons. The molecule has 0 aliphatic heterocycles. The first-order chi connectivity index (χ1) is 14.0. The maximum atomic E-state index is 11.5. The van der Waals surface area contributed by atoms with Crippen molar-refractivity contribution in [2.24, 2.45) is 5.73 Å². The largest absolute Gasteiger partial charge is 0.369 e. The maximum Gasteiger partial charge on any atom is 0.245 e. The van der Waals surface area contributed by atoms with Gasteiger partial charge in [0.25, 0.3) is 0 Å². The number of nitrogens with zero attached hydrogens (tertiary/aromatic N) is 4.